The van der Waals surface area contributed by atoms with Gasteiger partial charge in [-0.3, -0.25) is 19.3 Å². The van der Waals surface area contributed by atoms with Crippen molar-refractivity contribution in [3.05, 3.63) is 62.1 Å². The second-order valence-corrected chi connectivity index (χ2v) is 14.1. The van der Waals surface area contributed by atoms with E-state index in [1.807, 2.05) is 0 Å². The Kier molecular flexibility index (Phi) is 7.81. The first-order chi connectivity index (χ1) is 19.7. The molecule has 2 aromatic rings. The summed E-state index contributed by atoms with van der Waals surface area (Å²) in [6, 6.07) is 5.76. The molecular formula is C33H46N4O5. The second-order valence-electron chi connectivity index (χ2n) is 14.1. The van der Waals surface area contributed by atoms with Gasteiger partial charge in [0.25, 0.3) is 11.5 Å². The summed E-state index contributed by atoms with van der Waals surface area (Å²) in [6.07, 6.45) is 4.76. The van der Waals surface area contributed by atoms with Crippen LogP contribution in [0.2, 0.25) is 0 Å². The van der Waals surface area contributed by atoms with Crippen molar-refractivity contribution in [2.45, 2.75) is 90.2 Å². The Hall–Kier alpha value is -3.17. The molecule has 2 aliphatic carbocycles. The second kappa shape index (κ2) is 10.8. The third-order valence-electron chi connectivity index (χ3n) is 9.77. The number of amides is 2. The Morgan fingerprint density at radius 3 is 2.55 bits per heavy atom. The van der Waals surface area contributed by atoms with Crippen molar-refractivity contribution in [1.29, 1.82) is 0 Å². The van der Waals surface area contributed by atoms with Gasteiger partial charge in [0.15, 0.2) is 0 Å². The predicted molar refractivity (Wildman–Crippen MR) is 162 cm³/mol. The molecule has 9 heteroatoms. The summed E-state index contributed by atoms with van der Waals surface area (Å²) in [7, 11) is 1.70. The molecule has 228 valence electrons. The van der Waals surface area contributed by atoms with E-state index in [9.17, 15) is 19.5 Å². The molecule has 42 heavy (non-hydrogen) atoms. The van der Waals surface area contributed by atoms with Gasteiger partial charge in [0.2, 0.25) is 5.91 Å². The van der Waals surface area contributed by atoms with Crippen LogP contribution in [-0.4, -0.2) is 65.2 Å². The monoisotopic (exact) mass is 578 g/mol. The fraction of sp³-hybridized carbons (Fsp3) is 0.606. The van der Waals surface area contributed by atoms with Crippen LogP contribution < -0.4 is 21.3 Å². The van der Waals surface area contributed by atoms with Gasteiger partial charge >= 0.3 is 0 Å². The lowest BCUT2D eigenvalue weighted by molar-refractivity contribution is -0.139. The Balaban J connectivity index is 1.63. The number of aliphatic hydroxyl groups is 1. The lowest BCUT2D eigenvalue weighted by Gasteiger charge is -2.60. The number of likely N-dealkylation sites (tertiary alicyclic amines) is 1. The number of aromatic amines is 1. The molecule has 1 saturated heterocycles. The molecule has 0 spiro atoms. The van der Waals surface area contributed by atoms with Crippen molar-refractivity contribution in [2.75, 3.05) is 26.7 Å². The van der Waals surface area contributed by atoms with Gasteiger partial charge in [0, 0.05) is 36.5 Å². The molecular weight excluding hydrogens is 532 g/mol. The zero-order valence-corrected chi connectivity index (χ0v) is 25.9. The molecule has 1 aliphatic heterocycles. The van der Waals surface area contributed by atoms with Crippen LogP contribution >= 0.6 is 0 Å². The highest BCUT2D eigenvalue weighted by Crippen LogP contribution is 2.54. The quantitative estimate of drug-likeness (QED) is 0.380. The van der Waals surface area contributed by atoms with Gasteiger partial charge in [-0.1, -0.05) is 26.8 Å². The maximum atomic E-state index is 13.1. The molecule has 2 fully saturated rings. The van der Waals surface area contributed by atoms with Crippen LogP contribution in [0.15, 0.2) is 23.0 Å². The number of carbonyl (C=O) groups is 2. The molecule has 1 saturated carbocycles. The van der Waals surface area contributed by atoms with Crippen LogP contribution in [0.5, 0.6) is 5.75 Å². The van der Waals surface area contributed by atoms with Gasteiger partial charge in [-0.05, 0) is 91.8 Å². The Bertz CT molecular complexity index is 1460. The van der Waals surface area contributed by atoms with Crippen LogP contribution in [0.25, 0.3) is 0 Å². The minimum absolute atomic E-state index is 0.0770. The maximum absolute atomic E-state index is 13.1. The molecule has 5 rings (SSSR count). The van der Waals surface area contributed by atoms with Crippen molar-refractivity contribution in [3.8, 4) is 5.75 Å². The highest BCUT2D eigenvalue weighted by Gasteiger charge is 2.61. The number of aromatic nitrogens is 1. The summed E-state index contributed by atoms with van der Waals surface area (Å²) in [5, 5.41) is 15.4. The molecule has 3 atom stereocenters. The molecule has 0 bridgehead atoms. The Labute approximate surface area is 248 Å². The number of rotatable bonds is 8. The maximum Gasteiger partial charge on any atom is 0.261 e. The molecule has 1 aromatic heterocycles. The molecule has 3 unspecified atom stereocenters. The molecule has 5 N–H and O–H groups in total. The standard InChI is InChI=1S/C33H46N4O5/c1-19-11-23(14-31(3,4)5)27(42-6)13-25(19)32-9-10-37(18-21-7-8-21)20(2)33(32,41)15-22-12-24(29(39)35-17-28(34)38)30(40)36-26(22)16-32/h11-13,20-21,41H,7-10,14-18H2,1-6H3,(H2,34,38)(H,35,39)(H,36,40). The number of pyridine rings is 1. The van der Waals surface area contributed by atoms with E-state index in [-0.39, 0.29) is 30.0 Å². The number of benzene rings is 1. The van der Waals surface area contributed by atoms with E-state index >= 15 is 0 Å². The minimum atomic E-state index is -1.17. The van der Waals surface area contributed by atoms with E-state index in [2.05, 4.69) is 62.0 Å². The van der Waals surface area contributed by atoms with Gasteiger partial charge in [0.1, 0.15) is 11.3 Å². The van der Waals surface area contributed by atoms with Crippen LogP contribution in [-0.2, 0) is 29.5 Å². The smallest absolute Gasteiger partial charge is 0.261 e. The highest BCUT2D eigenvalue weighted by molar-refractivity contribution is 5.96. The third kappa shape index (κ3) is 5.49. The summed E-state index contributed by atoms with van der Waals surface area (Å²) in [4.78, 5) is 42.5. The van der Waals surface area contributed by atoms with Gasteiger partial charge in [0.05, 0.1) is 19.3 Å². The van der Waals surface area contributed by atoms with Crippen molar-refractivity contribution in [2.24, 2.45) is 17.1 Å². The van der Waals surface area contributed by atoms with E-state index in [4.69, 9.17) is 10.5 Å². The van der Waals surface area contributed by atoms with Crippen LogP contribution in [0.1, 0.15) is 85.3 Å². The average Bonchev–Trinajstić information content (AvgIpc) is 3.72. The number of H-pyrrole nitrogens is 1. The first-order valence-electron chi connectivity index (χ1n) is 15.1. The topological polar surface area (TPSA) is 138 Å². The summed E-state index contributed by atoms with van der Waals surface area (Å²) in [5.41, 5.74) is 7.57. The molecule has 2 heterocycles. The fourth-order valence-electron chi connectivity index (χ4n) is 7.46. The lowest BCUT2D eigenvalue weighted by Crippen LogP contribution is -2.71. The summed E-state index contributed by atoms with van der Waals surface area (Å²) in [6.45, 7) is 12.3. The average molecular weight is 579 g/mol. The van der Waals surface area contributed by atoms with E-state index in [1.54, 1.807) is 13.2 Å². The van der Waals surface area contributed by atoms with Gasteiger partial charge in [-0.2, -0.15) is 0 Å². The zero-order chi connectivity index (χ0) is 30.6. The van der Waals surface area contributed by atoms with E-state index < -0.39 is 28.4 Å². The molecule has 2 amide bonds. The SMILES string of the molecule is COc1cc(C23CCN(CC4CC4)C(C)C2(O)Cc2cc(C(=O)NCC(N)=O)c(=O)[nH]c2C3)c(C)cc1CC(C)(C)C. The molecule has 1 aromatic carbocycles. The van der Waals surface area contributed by atoms with E-state index in [0.29, 0.717) is 12.3 Å². The van der Waals surface area contributed by atoms with Crippen LogP contribution in [0.3, 0.4) is 0 Å². The Morgan fingerprint density at radius 1 is 1.21 bits per heavy atom. The van der Waals surface area contributed by atoms with Gasteiger partial charge in [-0.15, -0.1) is 0 Å². The highest BCUT2D eigenvalue weighted by atomic mass is 16.5. The van der Waals surface area contributed by atoms with Gasteiger partial charge < -0.3 is 25.9 Å². The van der Waals surface area contributed by atoms with Crippen molar-refractivity contribution in [3.63, 3.8) is 0 Å². The number of hydrogen-bond donors (Lipinski definition) is 4. The molecule has 9 nitrogen and oxygen atoms in total. The largest absolute Gasteiger partial charge is 0.496 e. The number of ether oxygens (including phenoxy) is 1. The molecule has 0 radical (unpaired) electrons. The number of piperidine rings is 1. The van der Waals surface area contributed by atoms with Crippen LogP contribution in [0, 0.1) is 18.3 Å². The third-order valence-corrected chi connectivity index (χ3v) is 9.77. The summed E-state index contributed by atoms with van der Waals surface area (Å²) in [5.74, 6) is 0.137. The normalized spacial score (nSPS) is 25.8. The van der Waals surface area contributed by atoms with Crippen molar-refractivity contribution < 1.29 is 19.4 Å². The number of nitrogens with one attached hydrogen (secondary N) is 2. The first-order valence-corrected chi connectivity index (χ1v) is 15.1. The van der Waals surface area contributed by atoms with Gasteiger partial charge in [-0.25, -0.2) is 0 Å². The van der Waals surface area contributed by atoms with Crippen LogP contribution in [0.4, 0.5) is 0 Å². The first kappa shape index (κ1) is 30.3. The van der Waals surface area contributed by atoms with Crippen molar-refractivity contribution in [1.82, 2.24) is 15.2 Å². The number of fused-ring (bicyclic) bond motifs is 2. The number of carbonyl (C=O) groups excluding carboxylic acids is 2. The number of methoxy groups -OCH3 is 1. The number of aryl methyl sites for hydroxylation is 1. The number of nitrogens with two attached hydrogens (primary N) is 1. The van der Waals surface area contributed by atoms with Crippen molar-refractivity contribution >= 4 is 11.8 Å². The number of primary amides is 1. The fourth-order valence-corrected chi connectivity index (χ4v) is 7.46. The summed E-state index contributed by atoms with van der Waals surface area (Å²) >= 11 is 0. The summed E-state index contributed by atoms with van der Waals surface area (Å²) < 4.78 is 5.94. The van der Waals surface area contributed by atoms with E-state index in [1.165, 1.54) is 12.8 Å². The lowest BCUT2D eigenvalue weighted by atomic mass is 9.53. The molecule has 3 aliphatic rings. The number of nitrogens with zero attached hydrogens (tertiary/aromatic N) is 1. The Morgan fingerprint density at radius 2 is 1.93 bits per heavy atom. The minimum Gasteiger partial charge on any atom is -0.496 e. The van der Waals surface area contributed by atoms with E-state index in [0.717, 1.165) is 59.6 Å². The zero-order valence-electron chi connectivity index (χ0n) is 25.9. The number of hydrogen-bond acceptors (Lipinski definition) is 6. The predicted octanol–water partition coefficient (Wildman–Crippen LogP) is 2.77.